The van der Waals surface area contributed by atoms with E-state index in [2.05, 4.69) is 5.32 Å². The number of aryl methyl sites for hydroxylation is 1. The van der Waals surface area contributed by atoms with E-state index >= 15 is 0 Å². The molecule has 0 saturated carbocycles. The molecular weight excluding hydrogens is 303 g/mol. The number of nitrogens with one attached hydrogen (secondary N) is 1. The molecule has 0 aliphatic heterocycles. The minimum Gasteiger partial charge on any atom is -0.387 e. The van der Waals surface area contributed by atoms with Crippen molar-refractivity contribution in [3.63, 3.8) is 0 Å². The molecule has 23 heavy (non-hydrogen) atoms. The van der Waals surface area contributed by atoms with Gasteiger partial charge >= 0.3 is 0 Å². The molecule has 0 radical (unpaired) electrons. The molecule has 0 aliphatic rings. The summed E-state index contributed by atoms with van der Waals surface area (Å²) in [6.45, 7) is 1.71. The molecule has 0 heterocycles. The summed E-state index contributed by atoms with van der Waals surface area (Å²) < 4.78 is 13.1. The molecule has 0 fully saturated rings. The van der Waals surface area contributed by atoms with Gasteiger partial charge in [-0.25, -0.2) is 4.39 Å². The van der Waals surface area contributed by atoms with Crippen molar-refractivity contribution < 1.29 is 19.2 Å². The highest BCUT2D eigenvalue weighted by Crippen LogP contribution is 2.20. The Morgan fingerprint density at radius 2 is 2.04 bits per heavy atom. The maximum atomic E-state index is 13.1. The van der Waals surface area contributed by atoms with Gasteiger partial charge in [0, 0.05) is 6.54 Å². The van der Waals surface area contributed by atoms with E-state index < -0.39 is 28.4 Å². The molecular formula is C16H15FN2O4. The first-order valence-electron chi connectivity index (χ1n) is 6.86. The lowest BCUT2D eigenvalue weighted by Gasteiger charge is -2.14. The van der Waals surface area contributed by atoms with Crippen molar-refractivity contribution in [2.24, 2.45) is 0 Å². The molecule has 2 aromatic rings. The highest BCUT2D eigenvalue weighted by molar-refractivity contribution is 5.98. The molecule has 0 aromatic heterocycles. The number of benzene rings is 2. The minimum atomic E-state index is -0.945. The average molecular weight is 318 g/mol. The van der Waals surface area contributed by atoms with Gasteiger partial charge in [0.15, 0.2) is 0 Å². The number of aliphatic hydroxyl groups is 1. The van der Waals surface area contributed by atoms with E-state index in [1.54, 1.807) is 12.1 Å². The Hall–Kier alpha value is -2.80. The average Bonchev–Trinajstić information content (AvgIpc) is 2.52. The molecule has 2 N–H and O–H groups in total. The lowest BCUT2D eigenvalue weighted by atomic mass is 10.0. The van der Waals surface area contributed by atoms with Crippen LogP contribution in [0.15, 0.2) is 42.5 Å². The zero-order valence-electron chi connectivity index (χ0n) is 12.3. The monoisotopic (exact) mass is 318 g/mol. The lowest BCUT2D eigenvalue weighted by Crippen LogP contribution is -2.29. The van der Waals surface area contributed by atoms with Gasteiger partial charge in [0.25, 0.3) is 11.6 Å². The van der Waals surface area contributed by atoms with Gasteiger partial charge in [0.05, 0.1) is 17.1 Å². The summed E-state index contributed by atoms with van der Waals surface area (Å²) in [5.41, 5.74) is 0.643. The molecule has 0 saturated heterocycles. The fourth-order valence-electron chi connectivity index (χ4n) is 2.20. The van der Waals surface area contributed by atoms with Gasteiger partial charge in [0.1, 0.15) is 11.4 Å². The molecule has 0 aliphatic carbocycles. The van der Waals surface area contributed by atoms with Crippen molar-refractivity contribution in [2.75, 3.05) is 6.54 Å². The van der Waals surface area contributed by atoms with Crippen LogP contribution in [0.25, 0.3) is 0 Å². The second kappa shape index (κ2) is 6.97. The number of nitrogens with zero attached hydrogens (tertiary/aromatic N) is 1. The summed E-state index contributed by atoms with van der Waals surface area (Å²) in [7, 11) is 0. The van der Waals surface area contributed by atoms with E-state index in [1.807, 2.05) is 19.1 Å². The Labute approximate surface area is 131 Å². The number of carbonyl (C=O) groups is 1. The Balaban J connectivity index is 2.11. The van der Waals surface area contributed by atoms with Crippen molar-refractivity contribution >= 4 is 11.6 Å². The smallest absolute Gasteiger partial charge is 0.285 e. The number of rotatable bonds is 5. The van der Waals surface area contributed by atoms with Crippen LogP contribution in [0.4, 0.5) is 10.1 Å². The second-order valence-electron chi connectivity index (χ2n) is 5.00. The van der Waals surface area contributed by atoms with Crippen LogP contribution < -0.4 is 5.32 Å². The van der Waals surface area contributed by atoms with E-state index in [9.17, 15) is 24.4 Å². The Morgan fingerprint density at radius 1 is 1.35 bits per heavy atom. The van der Waals surface area contributed by atoms with Crippen LogP contribution in [0.5, 0.6) is 0 Å². The van der Waals surface area contributed by atoms with Crippen molar-refractivity contribution in [1.82, 2.24) is 5.32 Å². The van der Waals surface area contributed by atoms with Gasteiger partial charge in [-0.15, -0.1) is 0 Å². The van der Waals surface area contributed by atoms with Gasteiger partial charge in [-0.3, -0.25) is 14.9 Å². The predicted octanol–water partition coefficient (Wildman–Crippen LogP) is 2.51. The van der Waals surface area contributed by atoms with Crippen LogP contribution in [0.1, 0.15) is 27.6 Å². The van der Waals surface area contributed by atoms with Crippen molar-refractivity contribution in [3.05, 3.63) is 75.1 Å². The molecule has 0 spiro atoms. The maximum absolute atomic E-state index is 13.1. The van der Waals surface area contributed by atoms with Gasteiger partial charge in [-0.1, -0.05) is 24.3 Å². The van der Waals surface area contributed by atoms with Gasteiger partial charge in [-0.05, 0) is 30.2 Å². The number of halogens is 1. The van der Waals surface area contributed by atoms with Gasteiger partial charge in [0.2, 0.25) is 0 Å². The summed E-state index contributed by atoms with van der Waals surface area (Å²) in [6, 6.07) is 9.84. The number of amides is 1. The number of hydrogen-bond donors (Lipinski definition) is 2. The quantitative estimate of drug-likeness (QED) is 0.654. The van der Waals surface area contributed by atoms with Crippen molar-refractivity contribution in [3.8, 4) is 0 Å². The first-order valence-corrected chi connectivity index (χ1v) is 6.86. The molecule has 6 nitrogen and oxygen atoms in total. The second-order valence-corrected chi connectivity index (χ2v) is 5.00. The first kappa shape index (κ1) is 16.6. The molecule has 0 bridgehead atoms. The highest BCUT2D eigenvalue weighted by atomic mass is 19.1. The first-order chi connectivity index (χ1) is 10.9. The van der Waals surface area contributed by atoms with Crippen LogP contribution >= 0.6 is 0 Å². The summed E-state index contributed by atoms with van der Waals surface area (Å²) in [6.07, 6.45) is -0.945. The fourth-order valence-corrected chi connectivity index (χ4v) is 2.20. The van der Waals surface area contributed by atoms with Crippen molar-refractivity contribution in [2.45, 2.75) is 13.0 Å². The lowest BCUT2D eigenvalue weighted by molar-refractivity contribution is -0.385. The van der Waals surface area contributed by atoms with Crippen molar-refractivity contribution in [1.29, 1.82) is 0 Å². The molecule has 2 rings (SSSR count). The normalized spacial score (nSPS) is 11.8. The molecule has 7 heteroatoms. The summed E-state index contributed by atoms with van der Waals surface area (Å²) in [5.74, 6) is -1.54. The Kier molecular flexibility index (Phi) is 5.02. The SMILES string of the molecule is Cc1ccccc1[C@H](O)CNC(=O)c1ccc(F)cc1[N+](=O)[O-]. The predicted molar refractivity (Wildman–Crippen MR) is 81.5 cm³/mol. The van der Waals surface area contributed by atoms with Crippen LogP contribution in [-0.2, 0) is 0 Å². The van der Waals surface area contributed by atoms with Crippen LogP contribution in [0.3, 0.4) is 0 Å². The highest BCUT2D eigenvalue weighted by Gasteiger charge is 2.21. The van der Waals surface area contributed by atoms with E-state index in [1.165, 1.54) is 0 Å². The summed E-state index contributed by atoms with van der Waals surface area (Å²) in [5, 5.41) is 23.4. The topological polar surface area (TPSA) is 92.5 Å². The van der Waals surface area contributed by atoms with E-state index in [0.717, 1.165) is 17.7 Å². The summed E-state index contributed by atoms with van der Waals surface area (Å²) >= 11 is 0. The third-order valence-corrected chi connectivity index (χ3v) is 3.40. The van der Waals surface area contributed by atoms with Gasteiger partial charge < -0.3 is 10.4 Å². The molecule has 1 amide bonds. The number of carbonyl (C=O) groups excluding carboxylic acids is 1. The Morgan fingerprint density at radius 3 is 2.70 bits per heavy atom. The zero-order valence-corrected chi connectivity index (χ0v) is 12.3. The fraction of sp³-hybridized carbons (Fsp3) is 0.188. The Bertz CT molecular complexity index is 749. The molecule has 2 aromatic carbocycles. The largest absolute Gasteiger partial charge is 0.387 e. The molecule has 120 valence electrons. The third kappa shape index (κ3) is 3.89. The van der Waals surface area contributed by atoms with Crippen LogP contribution in [-0.4, -0.2) is 22.5 Å². The number of aliphatic hydroxyl groups excluding tert-OH is 1. The summed E-state index contributed by atoms with van der Waals surface area (Å²) in [4.78, 5) is 22.1. The molecule has 1 atom stereocenters. The standard InChI is InChI=1S/C16H15FN2O4/c1-10-4-2-3-5-12(10)15(20)9-18-16(21)13-7-6-11(17)8-14(13)19(22)23/h2-8,15,20H,9H2,1H3,(H,18,21)/t15-/m1/s1. The van der Waals surface area contributed by atoms with Crippen LogP contribution in [0.2, 0.25) is 0 Å². The van der Waals surface area contributed by atoms with E-state index in [4.69, 9.17) is 0 Å². The maximum Gasteiger partial charge on any atom is 0.285 e. The number of nitro benzene ring substituents is 1. The number of nitro groups is 1. The number of hydrogen-bond acceptors (Lipinski definition) is 4. The minimum absolute atomic E-state index is 0.113. The van der Waals surface area contributed by atoms with E-state index in [0.29, 0.717) is 11.6 Å². The zero-order chi connectivity index (χ0) is 17.0. The third-order valence-electron chi connectivity index (χ3n) is 3.40. The van der Waals surface area contributed by atoms with E-state index in [-0.39, 0.29) is 12.1 Å². The van der Waals surface area contributed by atoms with Crippen LogP contribution in [0, 0.1) is 22.9 Å². The molecule has 0 unspecified atom stereocenters. The van der Waals surface area contributed by atoms with Gasteiger partial charge in [-0.2, -0.15) is 0 Å².